The van der Waals surface area contributed by atoms with E-state index in [1.807, 2.05) is 6.92 Å². The van der Waals surface area contributed by atoms with E-state index >= 15 is 0 Å². The van der Waals surface area contributed by atoms with Gasteiger partial charge in [0.25, 0.3) is 0 Å². The van der Waals surface area contributed by atoms with Crippen LogP contribution in [0.4, 0.5) is 5.69 Å². The fraction of sp³-hybridized carbons (Fsp3) is 0.500. The molecule has 3 N–H and O–H groups in total. The van der Waals surface area contributed by atoms with Crippen molar-refractivity contribution in [3.63, 3.8) is 0 Å². The van der Waals surface area contributed by atoms with Gasteiger partial charge in [0, 0.05) is 18.1 Å². The van der Waals surface area contributed by atoms with E-state index in [2.05, 4.69) is 0 Å². The number of piperidine rings is 1. The Morgan fingerprint density at radius 3 is 2.74 bits per heavy atom. The van der Waals surface area contributed by atoms with Crippen molar-refractivity contribution in [2.45, 2.75) is 24.3 Å². The third-order valence-electron chi connectivity index (χ3n) is 3.47. The molecule has 1 heterocycles. The molecule has 0 radical (unpaired) electrons. The molecule has 1 aliphatic rings. The Bertz CT molecular complexity index is 576. The SMILES string of the molecule is CC1CCN(S(=O)(=O)c2ccc(Cl)cc2N)CC1O. The van der Waals surface area contributed by atoms with E-state index in [9.17, 15) is 13.5 Å². The number of β-amino-alcohol motifs (C(OH)–C–C–N with tert-alkyl or cyclic N) is 1. The number of anilines is 1. The molecule has 1 saturated heterocycles. The van der Waals surface area contributed by atoms with Crippen molar-refractivity contribution in [1.29, 1.82) is 0 Å². The van der Waals surface area contributed by atoms with Crippen LogP contribution in [0.2, 0.25) is 5.02 Å². The molecule has 2 rings (SSSR count). The lowest BCUT2D eigenvalue weighted by molar-refractivity contribution is 0.0605. The van der Waals surface area contributed by atoms with Crippen LogP contribution in [0.15, 0.2) is 23.1 Å². The number of nitrogen functional groups attached to an aromatic ring is 1. The largest absolute Gasteiger partial charge is 0.398 e. The highest BCUT2D eigenvalue weighted by Crippen LogP contribution is 2.28. The second-order valence-corrected chi connectivity index (χ2v) is 7.22. The Hall–Kier alpha value is -0.820. The zero-order valence-electron chi connectivity index (χ0n) is 10.6. The van der Waals surface area contributed by atoms with Crippen molar-refractivity contribution in [2.24, 2.45) is 5.92 Å². The molecule has 7 heteroatoms. The number of hydrogen-bond donors (Lipinski definition) is 2. The molecule has 5 nitrogen and oxygen atoms in total. The molecule has 0 bridgehead atoms. The predicted octanol–water partition coefficient (Wildman–Crippen LogP) is 1.31. The number of benzene rings is 1. The number of aliphatic hydroxyl groups is 1. The molecule has 106 valence electrons. The third kappa shape index (κ3) is 2.86. The minimum Gasteiger partial charge on any atom is -0.398 e. The van der Waals surface area contributed by atoms with Gasteiger partial charge in [0.2, 0.25) is 10.0 Å². The van der Waals surface area contributed by atoms with E-state index in [0.29, 0.717) is 18.0 Å². The number of aliphatic hydroxyl groups excluding tert-OH is 1. The fourth-order valence-corrected chi connectivity index (χ4v) is 3.88. The highest BCUT2D eigenvalue weighted by molar-refractivity contribution is 7.89. The maximum atomic E-state index is 12.5. The molecule has 1 aromatic carbocycles. The Labute approximate surface area is 118 Å². The molecule has 0 aromatic heterocycles. The van der Waals surface area contributed by atoms with Gasteiger partial charge < -0.3 is 10.8 Å². The van der Waals surface area contributed by atoms with Crippen molar-refractivity contribution in [1.82, 2.24) is 4.31 Å². The smallest absolute Gasteiger partial charge is 0.245 e. The zero-order chi connectivity index (χ0) is 14.2. The number of nitrogens with zero attached hydrogens (tertiary/aromatic N) is 1. The van der Waals surface area contributed by atoms with Crippen LogP contribution in [0.1, 0.15) is 13.3 Å². The topological polar surface area (TPSA) is 83.6 Å². The molecule has 2 unspecified atom stereocenters. The number of sulfonamides is 1. The molecule has 0 aliphatic carbocycles. The third-order valence-corrected chi connectivity index (χ3v) is 5.65. The summed E-state index contributed by atoms with van der Waals surface area (Å²) in [6.45, 7) is 2.40. The van der Waals surface area contributed by atoms with Crippen LogP contribution in [-0.2, 0) is 10.0 Å². The Morgan fingerprint density at radius 1 is 1.47 bits per heavy atom. The summed E-state index contributed by atoms with van der Waals surface area (Å²) in [5.41, 5.74) is 5.85. The van der Waals surface area contributed by atoms with Crippen molar-refractivity contribution in [3.8, 4) is 0 Å². The molecule has 1 fully saturated rings. The van der Waals surface area contributed by atoms with Gasteiger partial charge in [0.05, 0.1) is 11.8 Å². The van der Waals surface area contributed by atoms with E-state index in [-0.39, 0.29) is 23.0 Å². The second-order valence-electron chi connectivity index (χ2n) is 4.88. The van der Waals surface area contributed by atoms with Crippen molar-refractivity contribution in [3.05, 3.63) is 23.2 Å². The number of hydrogen-bond acceptors (Lipinski definition) is 4. The van der Waals surface area contributed by atoms with Crippen LogP contribution in [0, 0.1) is 5.92 Å². The quantitative estimate of drug-likeness (QED) is 0.807. The summed E-state index contributed by atoms with van der Waals surface area (Å²) in [6, 6.07) is 4.31. The Balaban J connectivity index is 2.32. The average molecular weight is 305 g/mol. The van der Waals surface area contributed by atoms with E-state index in [1.54, 1.807) is 0 Å². The summed E-state index contributed by atoms with van der Waals surface area (Å²) < 4.78 is 26.2. The minimum absolute atomic E-state index is 0.0404. The summed E-state index contributed by atoms with van der Waals surface area (Å²) in [5, 5.41) is 10.2. The number of rotatable bonds is 2. The monoisotopic (exact) mass is 304 g/mol. The number of nitrogens with two attached hydrogens (primary N) is 1. The first-order chi connectivity index (χ1) is 8.82. The highest BCUT2D eigenvalue weighted by Gasteiger charge is 2.33. The van der Waals surface area contributed by atoms with Crippen molar-refractivity contribution < 1.29 is 13.5 Å². The van der Waals surface area contributed by atoms with E-state index in [4.69, 9.17) is 17.3 Å². The molecule has 2 atom stereocenters. The van der Waals surface area contributed by atoms with Gasteiger partial charge in [0.15, 0.2) is 0 Å². The van der Waals surface area contributed by atoms with Gasteiger partial charge in [-0.2, -0.15) is 4.31 Å². The van der Waals surface area contributed by atoms with Crippen LogP contribution in [0.25, 0.3) is 0 Å². The molecule has 1 aliphatic heterocycles. The standard InChI is InChI=1S/C12H17ClN2O3S/c1-8-4-5-15(7-11(8)16)19(17,18)12-3-2-9(13)6-10(12)14/h2-3,6,8,11,16H,4-5,7,14H2,1H3. The van der Waals surface area contributed by atoms with Crippen LogP contribution in [0.5, 0.6) is 0 Å². The lowest BCUT2D eigenvalue weighted by Gasteiger charge is -2.33. The normalized spacial score (nSPS) is 25.4. The first kappa shape index (κ1) is 14.6. The first-order valence-corrected chi connectivity index (χ1v) is 7.87. The summed E-state index contributed by atoms with van der Waals surface area (Å²) >= 11 is 5.77. The predicted molar refractivity (Wildman–Crippen MR) is 74.4 cm³/mol. The zero-order valence-corrected chi connectivity index (χ0v) is 12.2. The van der Waals surface area contributed by atoms with Gasteiger partial charge in [-0.25, -0.2) is 8.42 Å². The molecule has 0 spiro atoms. The Kier molecular flexibility index (Phi) is 4.06. The van der Waals surface area contributed by atoms with Gasteiger partial charge >= 0.3 is 0 Å². The molecule has 19 heavy (non-hydrogen) atoms. The van der Waals surface area contributed by atoms with Gasteiger partial charge in [-0.05, 0) is 30.5 Å². The van der Waals surface area contributed by atoms with Gasteiger partial charge in [0.1, 0.15) is 4.90 Å². The van der Waals surface area contributed by atoms with Crippen molar-refractivity contribution in [2.75, 3.05) is 18.8 Å². The lowest BCUT2D eigenvalue weighted by Crippen LogP contribution is -2.45. The summed E-state index contributed by atoms with van der Waals surface area (Å²) in [4.78, 5) is 0.0404. The van der Waals surface area contributed by atoms with Gasteiger partial charge in [-0.15, -0.1) is 0 Å². The summed E-state index contributed by atoms with van der Waals surface area (Å²) in [6.07, 6.45) is -0.00879. The van der Waals surface area contributed by atoms with E-state index < -0.39 is 16.1 Å². The van der Waals surface area contributed by atoms with E-state index in [1.165, 1.54) is 22.5 Å². The summed E-state index contributed by atoms with van der Waals surface area (Å²) in [5.74, 6) is 0.106. The van der Waals surface area contributed by atoms with E-state index in [0.717, 1.165) is 0 Å². The van der Waals surface area contributed by atoms with Gasteiger partial charge in [-0.3, -0.25) is 0 Å². The summed E-state index contributed by atoms with van der Waals surface area (Å²) in [7, 11) is -3.68. The molecule has 0 amide bonds. The van der Waals surface area contributed by atoms with Crippen LogP contribution < -0.4 is 5.73 Å². The fourth-order valence-electron chi connectivity index (χ4n) is 2.13. The molecule has 0 saturated carbocycles. The second kappa shape index (κ2) is 5.28. The van der Waals surface area contributed by atoms with Crippen molar-refractivity contribution >= 4 is 27.3 Å². The minimum atomic E-state index is -3.68. The lowest BCUT2D eigenvalue weighted by atomic mass is 9.98. The average Bonchev–Trinajstić information content (AvgIpc) is 2.32. The molecule has 1 aromatic rings. The van der Waals surface area contributed by atoms with Crippen LogP contribution >= 0.6 is 11.6 Å². The van der Waals surface area contributed by atoms with Gasteiger partial charge in [-0.1, -0.05) is 18.5 Å². The molecular weight excluding hydrogens is 288 g/mol. The van der Waals surface area contributed by atoms with Crippen LogP contribution in [0.3, 0.4) is 0 Å². The highest BCUT2D eigenvalue weighted by atomic mass is 35.5. The Morgan fingerprint density at radius 2 is 2.16 bits per heavy atom. The van der Waals surface area contributed by atoms with Crippen LogP contribution in [-0.4, -0.2) is 37.0 Å². The first-order valence-electron chi connectivity index (χ1n) is 6.05. The molecular formula is C12H17ClN2O3S. The maximum absolute atomic E-state index is 12.5. The number of halogens is 1. The maximum Gasteiger partial charge on any atom is 0.245 e.